The molecule has 0 unspecified atom stereocenters. The lowest BCUT2D eigenvalue weighted by Crippen LogP contribution is -2.30. The minimum atomic E-state index is -4.37. The van der Waals surface area contributed by atoms with Crippen molar-refractivity contribution in [2.45, 2.75) is 26.2 Å². The van der Waals surface area contributed by atoms with E-state index in [1.54, 1.807) is 71.0 Å². The monoisotopic (exact) mass is 944 g/mol. The van der Waals surface area contributed by atoms with Gasteiger partial charge in [-0.05, 0) is 76.7 Å². The Balaban J connectivity index is 0.879. The smallest absolute Gasteiger partial charge is 0.333 e. The summed E-state index contributed by atoms with van der Waals surface area (Å²) in [6.45, 7) is -0.130. The van der Waals surface area contributed by atoms with Crippen molar-refractivity contribution in [3.05, 3.63) is 197 Å². The first-order valence-electron chi connectivity index (χ1n) is 21.6. The number of rotatable bonds is 15. The van der Waals surface area contributed by atoms with Gasteiger partial charge in [-0.15, -0.1) is 0 Å². The van der Waals surface area contributed by atoms with E-state index in [2.05, 4.69) is 10.4 Å². The predicted octanol–water partition coefficient (Wildman–Crippen LogP) is 7.30. The van der Waals surface area contributed by atoms with Crippen LogP contribution in [0.2, 0.25) is 0 Å². The van der Waals surface area contributed by atoms with Gasteiger partial charge >= 0.3 is 15.9 Å². The standard InChI is InChI=1S/C51H41FN8O8S/c1-57-43-28-39(18-20-41(43)60(51(57)63)42-21-22-47(67-31-34-13-7-3-8-14-34)54-50(42)68-32-35-15-9-4-10-16-35)58-24-23-38(55-58)27-45(61)53-37-17-19-40-36(25-37)26-44(66-30-33-11-5-2-6-12-33)49(48(40)52)59-29-46(62)56-69(59,64)65/h2-26,28H,27,29-32H2,1H3,(H,53,61)(H,56,62). The molecule has 1 fully saturated rings. The molecule has 16 nitrogen and oxygen atoms in total. The van der Waals surface area contributed by atoms with Crippen molar-refractivity contribution in [1.29, 1.82) is 0 Å². The number of halogens is 1. The fourth-order valence-corrected chi connectivity index (χ4v) is 9.19. The molecule has 0 saturated carbocycles. The quantitative estimate of drug-likeness (QED) is 0.106. The Labute approximate surface area is 393 Å². The molecule has 3 aromatic heterocycles. The number of aromatic nitrogens is 5. The normalized spacial score (nSPS) is 13.1. The second-order valence-electron chi connectivity index (χ2n) is 16.1. The third-order valence-corrected chi connectivity index (χ3v) is 12.8. The molecule has 0 atom stereocenters. The highest BCUT2D eigenvalue weighted by atomic mass is 32.2. The Bertz CT molecular complexity index is 3590. The van der Waals surface area contributed by atoms with Gasteiger partial charge in [0.2, 0.25) is 17.7 Å². The highest BCUT2D eigenvalue weighted by Crippen LogP contribution is 2.40. The molecule has 18 heteroatoms. The maximum Gasteiger partial charge on any atom is 0.333 e. The fraction of sp³-hybridized carbons (Fsp3) is 0.118. The first kappa shape index (κ1) is 44.1. The van der Waals surface area contributed by atoms with E-state index < -0.39 is 40.1 Å². The number of carbonyl (C=O) groups is 2. The zero-order chi connectivity index (χ0) is 47.6. The van der Waals surface area contributed by atoms with Gasteiger partial charge in [0, 0.05) is 30.4 Å². The topological polar surface area (TPSA) is 181 Å². The van der Waals surface area contributed by atoms with Gasteiger partial charge in [-0.2, -0.15) is 18.5 Å². The number of nitrogens with zero attached hydrogens (tertiary/aromatic N) is 6. The number of anilines is 2. The Hall–Kier alpha value is -8.77. The lowest BCUT2D eigenvalue weighted by Gasteiger charge is -2.21. The van der Waals surface area contributed by atoms with Gasteiger partial charge in [-0.3, -0.25) is 18.7 Å². The molecule has 1 aliphatic rings. The average molecular weight is 945 g/mol. The van der Waals surface area contributed by atoms with Crippen LogP contribution in [0.1, 0.15) is 22.4 Å². The lowest BCUT2D eigenvalue weighted by molar-refractivity contribution is -0.117. The van der Waals surface area contributed by atoms with E-state index in [1.807, 2.05) is 89.7 Å². The zero-order valence-corrected chi connectivity index (χ0v) is 37.6. The molecule has 4 heterocycles. The van der Waals surface area contributed by atoms with Crippen LogP contribution in [0.3, 0.4) is 0 Å². The molecule has 0 radical (unpaired) electrons. The number of benzene rings is 6. The van der Waals surface area contributed by atoms with Crippen LogP contribution in [0.5, 0.6) is 17.5 Å². The molecule has 10 rings (SSSR count). The number of imidazole rings is 1. The summed E-state index contributed by atoms with van der Waals surface area (Å²) in [5.41, 5.74) is 4.95. The molecule has 1 saturated heterocycles. The van der Waals surface area contributed by atoms with Crippen molar-refractivity contribution in [3.63, 3.8) is 0 Å². The van der Waals surface area contributed by atoms with Gasteiger partial charge < -0.3 is 19.5 Å². The molecule has 346 valence electrons. The zero-order valence-electron chi connectivity index (χ0n) is 36.8. The van der Waals surface area contributed by atoms with E-state index in [4.69, 9.17) is 19.2 Å². The molecule has 0 spiro atoms. The number of hydrogen-bond donors (Lipinski definition) is 2. The van der Waals surface area contributed by atoms with Crippen molar-refractivity contribution in [2.24, 2.45) is 7.05 Å². The number of carbonyl (C=O) groups excluding carboxylic acids is 2. The van der Waals surface area contributed by atoms with Crippen molar-refractivity contribution in [1.82, 2.24) is 28.6 Å². The highest BCUT2D eigenvalue weighted by Gasteiger charge is 2.38. The fourth-order valence-electron chi connectivity index (χ4n) is 8.03. The third kappa shape index (κ3) is 9.20. The molecule has 6 aromatic carbocycles. The van der Waals surface area contributed by atoms with E-state index >= 15 is 4.39 Å². The summed E-state index contributed by atoms with van der Waals surface area (Å²) in [5, 5.41) is 7.85. The Morgan fingerprint density at radius 1 is 0.754 bits per heavy atom. The highest BCUT2D eigenvalue weighted by molar-refractivity contribution is 7.92. The van der Waals surface area contributed by atoms with Gasteiger partial charge in [0.25, 0.3) is 5.91 Å². The molecule has 2 amide bonds. The van der Waals surface area contributed by atoms with E-state index in [0.29, 0.717) is 56.0 Å². The molecule has 0 aliphatic carbocycles. The maximum absolute atomic E-state index is 16.3. The summed E-state index contributed by atoms with van der Waals surface area (Å²) in [5.74, 6) is -1.69. The van der Waals surface area contributed by atoms with Crippen LogP contribution in [0, 0.1) is 5.82 Å². The summed E-state index contributed by atoms with van der Waals surface area (Å²) in [6.07, 6.45) is 1.60. The lowest BCUT2D eigenvalue weighted by atomic mass is 10.1. The summed E-state index contributed by atoms with van der Waals surface area (Å²) < 4.78 is 67.5. The van der Waals surface area contributed by atoms with Crippen molar-refractivity contribution < 1.29 is 36.6 Å². The largest absolute Gasteiger partial charge is 0.487 e. The molecule has 1 aliphatic heterocycles. The van der Waals surface area contributed by atoms with Crippen molar-refractivity contribution >= 4 is 55.2 Å². The predicted molar refractivity (Wildman–Crippen MR) is 256 cm³/mol. The Morgan fingerprint density at radius 3 is 2.09 bits per heavy atom. The van der Waals surface area contributed by atoms with Crippen LogP contribution < -0.4 is 34.2 Å². The van der Waals surface area contributed by atoms with Crippen LogP contribution in [-0.2, 0) is 53.1 Å². The van der Waals surface area contributed by atoms with Crippen molar-refractivity contribution in [3.8, 4) is 28.9 Å². The number of fused-ring (bicyclic) bond motifs is 2. The summed E-state index contributed by atoms with van der Waals surface area (Å²) in [4.78, 5) is 44.3. The number of hydrogen-bond acceptors (Lipinski definition) is 10. The van der Waals surface area contributed by atoms with E-state index in [9.17, 15) is 22.8 Å². The minimum Gasteiger partial charge on any atom is -0.487 e. The van der Waals surface area contributed by atoms with Crippen LogP contribution in [0.4, 0.5) is 15.8 Å². The Kier molecular flexibility index (Phi) is 11.8. The number of amides is 2. The first-order valence-corrected chi connectivity index (χ1v) is 23.1. The van der Waals surface area contributed by atoms with Crippen molar-refractivity contribution in [2.75, 3.05) is 16.2 Å². The molecule has 2 N–H and O–H groups in total. The van der Waals surface area contributed by atoms with E-state index in [1.165, 1.54) is 22.8 Å². The van der Waals surface area contributed by atoms with Crippen LogP contribution in [0.25, 0.3) is 33.2 Å². The SMILES string of the molecule is Cn1c(=O)n(-c2ccc(OCc3ccccc3)nc2OCc2ccccc2)c2ccc(-n3ccc(CC(=O)Nc4ccc5c(F)c(N6CC(=O)NS6(=O)=O)c(OCc6ccccc6)cc5c4)n3)cc21. The van der Waals surface area contributed by atoms with Gasteiger partial charge in [-0.25, -0.2) is 22.9 Å². The minimum absolute atomic E-state index is 0.0137. The van der Waals surface area contributed by atoms with E-state index in [0.717, 1.165) is 16.7 Å². The summed E-state index contributed by atoms with van der Waals surface area (Å²) in [6, 6.07) is 44.9. The average Bonchev–Trinajstić information content (AvgIpc) is 4.01. The van der Waals surface area contributed by atoms with Gasteiger partial charge in [-0.1, -0.05) is 91.0 Å². The molecular weight excluding hydrogens is 904 g/mol. The first-order chi connectivity index (χ1) is 33.5. The van der Waals surface area contributed by atoms with Gasteiger partial charge in [0.05, 0.1) is 28.8 Å². The van der Waals surface area contributed by atoms with Gasteiger partial charge in [0.1, 0.15) is 43.5 Å². The maximum atomic E-state index is 16.3. The van der Waals surface area contributed by atoms with Crippen LogP contribution >= 0.6 is 0 Å². The number of ether oxygens (including phenoxy) is 3. The van der Waals surface area contributed by atoms with Gasteiger partial charge in [0.15, 0.2) is 5.82 Å². The number of pyridine rings is 1. The summed E-state index contributed by atoms with van der Waals surface area (Å²) >= 11 is 0. The molecule has 9 aromatic rings. The number of aryl methyl sites for hydroxylation is 1. The van der Waals surface area contributed by atoms with Crippen LogP contribution in [0.15, 0.2) is 163 Å². The second kappa shape index (κ2) is 18.5. The van der Waals surface area contributed by atoms with Crippen LogP contribution in [-0.4, -0.2) is 50.7 Å². The molecule has 0 bridgehead atoms. The van der Waals surface area contributed by atoms with E-state index in [-0.39, 0.29) is 42.3 Å². The third-order valence-electron chi connectivity index (χ3n) is 11.4. The molecule has 69 heavy (non-hydrogen) atoms. The number of nitrogens with one attached hydrogen (secondary N) is 2. The summed E-state index contributed by atoms with van der Waals surface area (Å²) in [7, 11) is -2.70. The second-order valence-corrected chi connectivity index (χ2v) is 17.7. The molecular formula is C51H41FN8O8S. The Morgan fingerprint density at radius 2 is 1.42 bits per heavy atom.